The van der Waals surface area contributed by atoms with Crippen LogP contribution in [0.1, 0.15) is 36.0 Å². The Kier molecular flexibility index (Phi) is 7.93. The number of hydrogen-bond acceptors (Lipinski definition) is 4. The van der Waals surface area contributed by atoms with Crippen molar-refractivity contribution in [2.45, 2.75) is 45.1 Å². The Morgan fingerprint density at radius 2 is 1.61 bits per heavy atom. The Labute approximate surface area is 184 Å². The number of methoxy groups -OCH3 is 2. The molecule has 3 rings (SSSR count). The van der Waals surface area contributed by atoms with Gasteiger partial charge in [0.15, 0.2) is 11.5 Å². The third-order valence-corrected chi connectivity index (χ3v) is 5.78. The van der Waals surface area contributed by atoms with E-state index in [9.17, 15) is 9.59 Å². The topological polar surface area (TPSA) is 67.9 Å². The number of benzene rings is 2. The molecule has 0 aromatic heterocycles. The maximum Gasteiger partial charge on any atom is 0.226 e. The minimum Gasteiger partial charge on any atom is -0.493 e. The molecule has 1 aliphatic rings. The molecule has 0 bridgehead atoms. The van der Waals surface area contributed by atoms with Crippen molar-refractivity contribution in [2.75, 3.05) is 27.3 Å². The van der Waals surface area contributed by atoms with Crippen LogP contribution in [0, 0.1) is 6.92 Å². The molecule has 2 amide bonds. The van der Waals surface area contributed by atoms with Gasteiger partial charge in [-0.2, -0.15) is 0 Å². The lowest BCUT2D eigenvalue weighted by Gasteiger charge is -2.32. The standard InChI is InChI=1S/C25H32N2O4/c1-18-4-6-19(7-5-18)9-11-24(28)26-21-12-14-27(15-13-21)25(29)17-20-8-10-22(30-2)23(16-20)31-3/h4-8,10,16,21H,9,11-15,17H2,1-3H3,(H,26,28). The molecule has 0 aliphatic carbocycles. The zero-order valence-electron chi connectivity index (χ0n) is 18.6. The predicted molar refractivity (Wildman–Crippen MR) is 120 cm³/mol. The highest BCUT2D eigenvalue weighted by atomic mass is 16.5. The number of nitrogens with zero attached hydrogens (tertiary/aromatic N) is 1. The second kappa shape index (κ2) is 10.8. The highest BCUT2D eigenvalue weighted by Crippen LogP contribution is 2.28. The van der Waals surface area contributed by atoms with Crippen LogP contribution >= 0.6 is 0 Å². The van der Waals surface area contributed by atoms with Gasteiger partial charge in [0.05, 0.1) is 20.6 Å². The molecule has 0 radical (unpaired) electrons. The van der Waals surface area contributed by atoms with Gasteiger partial charge in [0.25, 0.3) is 0 Å². The van der Waals surface area contributed by atoms with Crippen LogP contribution in [0.3, 0.4) is 0 Å². The monoisotopic (exact) mass is 424 g/mol. The van der Waals surface area contributed by atoms with Crippen LogP contribution in [0.2, 0.25) is 0 Å². The summed E-state index contributed by atoms with van der Waals surface area (Å²) in [5, 5.41) is 3.13. The van der Waals surface area contributed by atoms with Crippen molar-refractivity contribution < 1.29 is 19.1 Å². The zero-order valence-corrected chi connectivity index (χ0v) is 18.6. The number of carbonyl (C=O) groups excluding carboxylic acids is 2. The fraction of sp³-hybridized carbons (Fsp3) is 0.440. The smallest absolute Gasteiger partial charge is 0.226 e. The molecule has 0 unspecified atom stereocenters. The molecule has 0 atom stereocenters. The number of hydrogen-bond donors (Lipinski definition) is 1. The second-order valence-corrected chi connectivity index (χ2v) is 8.07. The van der Waals surface area contributed by atoms with Gasteiger partial charge < -0.3 is 19.7 Å². The first kappa shape index (κ1) is 22.7. The average Bonchev–Trinajstić information content (AvgIpc) is 2.79. The van der Waals surface area contributed by atoms with Gasteiger partial charge in [-0.05, 0) is 49.4 Å². The Morgan fingerprint density at radius 1 is 0.968 bits per heavy atom. The molecule has 1 heterocycles. The van der Waals surface area contributed by atoms with E-state index < -0.39 is 0 Å². The van der Waals surface area contributed by atoms with E-state index in [1.165, 1.54) is 11.1 Å². The number of likely N-dealkylation sites (tertiary alicyclic amines) is 1. The van der Waals surface area contributed by atoms with Crippen molar-refractivity contribution in [3.05, 3.63) is 59.2 Å². The number of rotatable bonds is 8. The molecular weight excluding hydrogens is 392 g/mol. The van der Waals surface area contributed by atoms with Crippen LogP contribution in [0.25, 0.3) is 0 Å². The van der Waals surface area contributed by atoms with Crippen molar-refractivity contribution >= 4 is 11.8 Å². The molecule has 6 heteroatoms. The first-order valence-electron chi connectivity index (χ1n) is 10.8. The fourth-order valence-corrected chi connectivity index (χ4v) is 3.86. The molecule has 1 N–H and O–H groups in total. The van der Waals surface area contributed by atoms with E-state index in [2.05, 4.69) is 36.5 Å². The highest BCUT2D eigenvalue weighted by Gasteiger charge is 2.24. The number of carbonyl (C=O) groups is 2. The summed E-state index contributed by atoms with van der Waals surface area (Å²) in [6, 6.07) is 14.0. The third-order valence-electron chi connectivity index (χ3n) is 5.78. The van der Waals surface area contributed by atoms with E-state index in [1.807, 2.05) is 23.1 Å². The number of nitrogens with one attached hydrogen (secondary N) is 1. The Balaban J connectivity index is 1.42. The van der Waals surface area contributed by atoms with Crippen LogP contribution in [0.15, 0.2) is 42.5 Å². The number of amides is 2. The van der Waals surface area contributed by atoms with Gasteiger partial charge in [0, 0.05) is 25.6 Å². The number of piperidine rings is 1. The predicted octanol–water partition coefficient (Wildman–Crippen LogP) is 3.29. The van der Waals surface area contributed by atoms with Crippen molar-refractivity contribution in [2.24, 2.45) is 0 Å². The SMILES string of the molecule is COc1ccc(CC(=O)N2CCC(NC(=O)CCc3ccc(C)cc3)CC2)cc1OC. The molecule has 1 fully saturated rings. The molecule has 31 heavy (non-hydrogen) atoms. The Hall–Kier alpha value is -3.02. The Morgan fingerprint density at radius 3 is 2.26 bits per heavy atom. The van der Waals surface area contributed by atoms with E-state index in [-0.39, 0.29) is 17.9 Å². The van der Waals surface area contributed by atoms with Crippen LogP contribution < -0.4 is 14.8 Å². The molecule has 2 aromatic carbocycles. The summed E-state index contributed by atoms with van der Waals surface area (Å²) >= 11 is 0. The van der Waals surface area contributed by atoms with Gasteiger partial charge in [-0.15, -0.1) is 0 Å². The lowest BCUT2D eigenvalue weighted by Crippen LogP contribution is -2.47. The van der Waals surface area contributed by atoms with Crippen molar-refractivity contribution in [3.8, 4) is 11.5 Å². The van der Waals surface area contributed by atoms with Gasteiger partial charge in [0.1, 0.15) is 0 Å². The first-order chi connectivity index (χ1) is 15.0. The molecule has 0 saturated carbocycles. The fourth-order valence-electron chi connectivity index (χ4n) is 3.86. The maximum absolute atomic E-state index is 12.7. The lowest BCUT2D eigenvalue weighted by molar-refractivity contribution is -0.131. The second-order valence-electron chi connectivity index (χ2n) is 8.07. The Bertz CT molecular complexity index is 887. The summed E-state index contributed by atoms with van der Waals surface area (Å²) in [5.74, 6) is 1.45. The maximum atomic E-state index is 12.7. The molecule has 0 spiro atoms. The summed E-state index contributed by atoms with van der Waals surface area (Å²) in [4.78, 5) is 26.9. The van der Waals surface area contributed by atoms with E-state index >= 15 is 0 Å². The minimum atomic E-state index is 0.0793. The van der Waals surface area contributed by atoms with Crippen LogP contribution in [0.5, 0.6) is 11.5 Å². The summed E-state index contributed by atoms with van der Waals surface area (Å²) in [6.07, 6.45) is 3.13. The minimum absolute atomic E-state index is 0.0793. The lowest BCUT2D eigenvalue weighted by atomic mass is 10.0. The summed E-state index contributed by atoms with van der Waals surface area (Å²) in [6.45, 7) is 3.38. The molecule has 166 valence electrons. The largest absolute Gasteiger partial charge is 0.493 e. The number of aryl methyl sites for hydroxylation is 2. The van der Waals surface area contributed by atoms with Gasteiger partial charge >= 0.3 is 0 Å². The third kappa shape index (κ3) is 6.48. The van der Waals surface area contributed by atoms with Gasteiger partial charge in [-0.1, -0.05) is 35.9 Å². The highest BCUT2D eigenvalue weighted by molar-refractivity contribution is 5.79. The molecule has 6 nitrogen and oxygen atoms in total. The first-order valence-corrected chi connectivity index (χ1v) is 10.8. The summed E-state index contributed by atoms with van der Waals surface area (Å²) in [7, 11) is 3.18. The van der Waals surface area contributed by atoms with Crippen molar-refractivity contribution in [1.29, 1.82) is 0 Å². The van der Waals surface area contributed by atoms with Crippen molar-refractivity contribution in [1.82, 2.24) is 10.2 Å². The van der Waals surface area contributed by atoms with Gasteiger partial charge in [-0.3, -0.25) is 9.59 Å². The summed E-state index contributed by atoms with van der Waals surface area (Å²) in [5.41, 5.74) is 3.30. The van der Waals surface area contributed by atoms with Gasteiger partial charge in [0.2, 0.25) is 11.8 Å². The van der Waals surface area contributed by atoms with Crippen LogP contribution in [-0.2, 0) is 22.4 Å². The van der Waals surface area contributed by atoms with E-state index in [4.69, 9.17) is 9.47 Å². The molecule has 2 aromatic rings. The van der Waals surface area contributed by atoms with E-state index in [0.29, 0.717) is 37.4 Å². The van der Waals surface area contributed by atoms with Crippen LogP contribution in [-0.4, -0.2) is 50.1 Å². The quantitative estimate of drug-likeness (QED) is 0.706. The van der Waals surface area contributed by atoms with Crippen molar-refractivity contribution in [3.63, 3.8) is 0 Å². The average molecular weight is 425 g/mol. The number of ether oxygens (including phenoxy) is 2. The van der Waals surface area contributed by atoms with Crippen LogP contribution in [0.4, 0.5) is 0 Å². The summed E-state index contributed by atoms with van der Waals surface area (Å²) < 4.78 is 10.6. The molecule has 1 saturated heterocycles. The zero-order chi connectivity index (χ0) is 22.2. The molecule has 1 aliphatic heterocycles. The normalized spacial score (nSPS) is 14.2. The molecular formula is C25H32N2O4. The van der Waals surface area contributed by atoms with Gasteiger partial charge in [-0.25, -0.2) is 0 Å². The van der Waals surface area contributed by atoms with E-state index in [1.54, 1.807) is 14.2 Å². The van der Waals surface area contributed by atoms with E-state index in [0.717, 1.165) is 24.8 Å².